The Bertz CT molecular complexity index is 1030. The monoisotopic (exact) mass is 360 g/mol. The van der Waals surface area contributed by atoms with Crippen LogP contribution in [0.15, 0.2) is 83.6 Å². The normalized spacial score (nSPS) is 15.0. The molecule has 0 aliphatic carbocycles. The zero-order chi connectivity index (χ0) is 17.9. The highest BCUT2D eigenvalue weighted by Crippen LogP contribution is 2.22. The Kier molecular flexibility index (Phi) is 4.33. The van der Waals surface area contributed by atoms with E-state index in [9.17, 15) is 4.79 Å². The Morgan fingerprint density at radius 3 is 2.38 bits per heavy atom. The van der Waals surface area contributed by atoms with Gasteiger partial charge in [-0.3, -0.25) is 4.98 Å². The molecule has 4 rings (SSSR count). The van der Waals surface area contributed by atoms with Crippen LogP contribution in [0.4, 0.5) is 0 Å². The van der Waals surface area contributed by atoms with Gasteiger partial charge in [-0.15, -0.1) is 0 Å². The van der Waals surface area contributed by atoms with Crippen LogP contribution >= 0.6 is 11.6 Å². The van der Waals surface area contributed by atoms with E-state index in [0.29, 0.717) is 10.7 Å². The summed E-state index contributed by atoms with van der Waals surface area (Å²) in [6.07, 6.45) is 3.23. The van der Waals surface area contributed by atoms with Crippen molar-refractivity contribution in [3.8, 4) is 11.1 Å². The minimum absolute atomic E-state index is 0.157. The molecule has 2 heterocycles. The van der Waals surface area contributed by atoms with Crippen LogP contribution in [0, 0.1) is 0 Å². The Labute approximate surface area is 155 Å². The first-order chi connectivity index (χ1) is 12.7. The number of carbonyl (C=O) groups excluding carboxylic acids is 1. The fraction of sp³-hybridized carbons (Fsp3) is 0. The van der Waals surface area contributed by atoms with Gasteiger partial charge in [0.1, 0.15) is 5.69 Å². The lowest BCUT2D eigenvalue weighted by atomic mass is 10.0. The zero-order valence-corrected chi connectivity index (χ0v) is 14.4. The van der Waals surface area contributed by atoms with Crippen LogP contribution in [0.3, 0.4) is 0 Å². The molecule has 2 aromatic carbocycles. The predicted octanol–water partition coefficient (Wildman–Crippen LogP) is 4.75. The number of rotatable bonds is 3. The molecule has 0 amide bonds. The molecule has 1 aromatic heterocycles. The van der Waals surface area contributed by atoms with E-state index in [1.165, 1.54) is 6.20 Å². The molecule has 1 aliphatic heterocycles. The van der Waals surface area contributed by atoms with Crippen LogP contribution in [0.1, 0.15) is 11.3 Å². The van der Waals surface area contributed by atoms with E-state index < -0.39 is 5.97 Å². The molecule has 0 radical (unpaired) electrons. The second-order valence-electron chi connectivity index (χ2n) is 5.68. The van der Waals surface area contributed by atoms with Gasteiger partial charge in [0, 0.05) is 11.2 Å². The maximum atomic E-state index is 12.1. The summed E-state index contributed by atoms with van der Waals surface area (Å²) in [5.74, 6) is -0.349. The van der Waals surface area contributed by atoms with Crippen molar-refractivity contribution in [1.82, 2.24) is 4.98 Å². The minimum Gasteiger partial charge on any atom is -0.400 e. The van der Waals surface area contributed by atoms with Crippen molar-refractivity contribution in [2.24, 2.45) is 4.99 Å². The number of halogens is 1. The van der Waals surface area contributed by atoms with Gasteiger partial charge in [-0.25, -0.2) is 9.79 Å². The minimum atomic E-state index is -0.506. The summed E-state index contributed by atoms with van der Waals surface area (Å²) in [6, 6.07) is 21.2. The first kappa shape index (κ1) is 16.2. The molecule has 0 saturated heterocycles. The molecule has 0 spiro atoms. The highest BCUT2D eigenvalue weighted by Gasteiger charge is 2.25. The maximum Gasteiger partial charge on any atom is 0.363 e. The van der Waals surface area contributed by atoms with Crippen molar-refractivity contribution in [3.05, 3.63) is 94.9 Å². The molecule has 0 fully saturated rings. The van der Waals surface area contributed by atoms with E-state index in [2.05, 4.69) is 22.1 Å². The van der Waals surface area contributed by atoms with Crippen molar-refractivity contribution in [2.45, 2.75) is 0 Å². The van der Waals surface area contributed by atoms with Gasteiger partial charge in [0.15, 0.2) is 5.70 Å². The van der Waals surface area contributed by atoms with Crippen LogP contribution in [-0.4, -0.2) is 16.9 Å². The van der Waals surface area contributed by atoms with Gasteiger partial charge >= 0.3 is 5.97 Å². The van der Waals surface area contributed by atoms with E-state index in [4.69, 9.17) is 16.3 Å². The number of aromatic nitrogens is 1. The maximum absolute atomic E-state index is 12.1. The molecule has 26 heavy (non-hydrogen) atoms. The van der Waals surface area contributed by atoms with Crippen molar-refractivity contribution < 1.29 is 9.53 Å². The molecular formula is C21H13ClN2O2. The second-order valence-corrected chi connectivity index (χ2v) is 6.12. The van der Waals surface area contributed by atoms with Gasteiger partial charge in [0.05, 0.1) is 0 Å². The average Bonchev–Trinajstić information content (AvgIpc) is 3.04. The van der Waals surface area contributed by atoms with Gasteiger partial charge < -0.3 is 4.74 Å². The van der Waals surface area contributed by atoms with Crippen LogP contribution in [0.25, 0.3) is 17.2 Å². The van der Waals surface area contributed by atoms with Gasteiger partial charge in [-0.2, -0.15) is 0 Å². The number of ether oxygens (including phenoxy) is 1. The van der Waals surface area contributed by atoms with Gasteiger partial charge in [0.25, 0.3) is 0 Å². The third-order valence-corrected chi connectivity index (χ3v) is 4.12. The summed E-state index contributed by atoms with van der Waals surface area (Å²) >= 11 is 5.94. The van der Waals surface area contributed by atoms with Crippen molar-refractivity contribution >= 4 is 29.5 Å². The van der Waals surface area contributed by atoms with E-state index in [0.717, 1.165) is 16.7 Å². The second kappa shape index (κ2) is 6.94. The standard InChI is InChI=1S/C21H13ClN2O2/c22-17-10-11-23-18(13-17)20-24-19(21(25)26-20)12-14-6-8-16(9-7-14)15-4-2-1-3-5-15/h1-13H/b19-12-. The number of hydrogen-bond donors (Lipinski definition) is 0. The molecule has 126 valence electrons. The molecule has 5 heteroatoms. The molecular weight excluding hydrogens is 348 g/mol. The molecule has 3 aromatic rings. The number of hydrogen-bond acceptors (Lipinski definition) is 4. The third-order valence-electron chi connectivity index (χ3n) is 3.88. The van der Waals surface area contributed by atoms with Crippen LogP contribution < -0.4 is 0 Å². The fourth-order valence-electron chi connectivity index (χ4n) is 2.60. The Hall–Kier alpha value is -3.24. The molecule has 0 atom stereocenters. The van der Waals surface area contributed by atoms with Crippen LogP contribution in [0.5, 0.6) is 0 Å². The largest absolute Gasteiger partial charge is 0.400 e. The number of cyclic esters (lactones) is 1. The van der Waals surface area contributed by atoms with Crippen molar-refractivity contribution in [2.75, 3.05) is 0 Å². The molecule has 0 bridgehead atoms. The lowest BCUT2D eigenvalue weighted by molar-refractivity contribution is -0.129. The molecule has 0 saturated carbocycles. The van der Waals surface area contributed by atoms with Gasteiger partial charge in [-0.05, 0) is 34.9 Å². The summed E-state index contributed by atoms with van der Waals surface area (Å²) < 4.78 is 5.20. The summed E-state index contributed by atoms with van der Waals surface area (Å²) in [7, 11) is 0. The summed E-state index contributed by atoms with van der Waals surface area (Å²) in [5.41, 5.74) is 3.76. The predicted molar refractivity (Wildman–Crippen MR) is 102 cm³/mol. The van der Waals surface area contributed by atoms with E-state index >= 15 is 0 Å². The smallest absolute Gasteiger partial charge is 0.363 e. The molecule has 0 N–H and O–H groups in total. The number of carbonyl (C=O) groups is 1. The quantitative estimate of drug-likeness (QED) is 0.500. The number of benzene rings is 2. The Balaban J connectivity index is 1.60. The van der Waals surface area contributed by atoms with Crippen molar-refractivity contribution in [3.63, 3.8) is 0 Å². The van der Waals surface area contributed by atoms with E-state index in [1.807, 2.05) is 42.5 Å². The molecule has 0 unspecified atom stereocenters. The highest BCUT2D eigenvalue weighted by atomic mass is 35.5. The third kappa shape index (κ3) is 3.41. The lowest BCUT2D eigenvalue weighted by Gasteiger charge is -2.01. The van der Waals surface area contributed by atoms with Gasteiger partial charge in [-0.1, -0.05) is 66.2 Å². The van der Waals surface area contributed by atoms with Crippen molar-refractivity contribution in [1.29, 1.82) is 0 Å². The first-order valence-electron chi connectivity index (χ1n) is 7.99. The number of esters is 1. The first-order valence-corrected chi connectivity index (χ1v) is 8.37. The summed E-state index contributed by atoms with van der Waals surface area (Å²) in [4.78, 5) is 20.4. The number of nitrogens with zero attached hydrogens (tertiary/aromatic N) is 2. The fourth-order valence-corrected chi connectivity index (χ4v) is 2.76. The molecule has 4 nitrogen and oxygen atoms in total. The Morgan fingerprint density at radius 1 is 0.923 bits per heavy atom. The zero-order valence-electron chi connectivity index (χ0n) is 13.6. The van der Waals surface area contributed by atoms with Gasteiger partial charge in [0.2, 0.25) is 5.90 Å². The van der Waals surface area contributed by atoms with Crippen LogP contribution in [0.2, 0.25) is 5.02 Å². The topological polar surface area (TPSA) is 51.5 Å². The number of aliphatic imine (C=N–C) groups is 1. The number of pyridine rings is 1. The summed E-state index contributed by atoms with van der Waals surface area (Å²) in [6.45, 7) is 0. The average molecular weight is 361 g/mol. The molecule has 1 aliphatic rings. The highest BCUT2D eigenvalue weighted by molar-refractivity contribution is 6.31. The van der Waals surface area contributed by atoms with E-state index in [-0.39, 0.29) is 11.6 Å². The van der Waals surface area contributed by atoms with Crippen LogP contribution in [-0.2, 0) is 9.53 Å². The SMILES string of the molecule is O=C1OC(c2cc(Cl)ccn2)=N/C1=C\c1ccc(-c2ccccc2)cc1. The van der Waals surface area contributed by atoms with E-state index in [1.54, 1.807) is 18.2 Å². The Morgan fingerprint density at radius 2 is 1.65 bits per heavy atom. The lowest BCUT2D eigenvalue weighted by Crippen LogP contribution is -2.06. The summed E-state index contributed by atoms with van der Waals surface area (Å²) in [5, 5.41) is 0.502.